The molecule has 1 aromatic rings. The third-order valence-electron chi connectivity index (χ3n) is 3.21. The van der Waals surface area contributed by atoms with Crippen LogP contribution in [0.2, 0.25) is 0 Å². The van der Waals surface area contributed by atoms with Crippen molar-refractivity contribution in [3.63, 3.8) is 0 Å². The number of rotatable bonds is 4. The Morgan fingerprint density at radius 2 is 1.79 bits per heavy atom. The zero-order valence-electron chi connectivity index (χ0n) is 13.7. The summed E-state index contributed by atoms with van der Waals surface area (Å²) in [6, 6.07) is 4.64. The van der Waals surface area contributed by atoms with Crippen molar-refractivity contribution in [2.75, 3.05) is 24.3 Å². The summed E-state index contributed by atoms with van der Waals surface area (Å²) in [7, 11) is 3.46. The number of anilines is 2. The van der Waals surface area contributed by atoms with Crippen molar-refractivity contribution in [2.24, 2.45) is 0 Å². The van der Waals surface area contributed by atoms with Crippen LogP contribution in [-0.2, 0) is 19.1 Å². The van der Waals surface area contributed by atoms with E-state index in [1.54, 1.807) is 31.1 Å². The van der Waals surface area contributed by atoms with E-state index >= 15 is 0 Å². The van der Waals surface area contributed by atoms with Crippen LogP contribution in [-0.4, -0.2) is 42.9 Å². The summed E-state index contributed by atoms with van der Waals surface area (Å²) in [5.74, 6) is -4.03. The van der Waals surface area contributed by atoms with Gasteiger partial charge in [0.1, 0.15) is 0 Å². The third-order valence-corrected chi connectivity index (χ3v) is 3.21. The van der Waals surface area contributed by atoms with Crippen LogP contribution in [0.25, 0.3) is 0 Å². The normalized spacial score (nSPS) is 16.1. The van der Waals surface area contributed by atoms with Gasteiger partial charge in [0.15, 0.2) is 5.57 Å². The minimum atomic E-state index is -1.31. The molecular weight excluding hydrogens is 316 g/mol. The second-order valence-electron chi connectivity index (χ2n) is 5.81. The van der Waals surface area contributed by atoms with Crippen LogP contribution < -0.4 is 10.2 Å². The third kappa shape index (κ3) is 3.65. The highest BCUT2D eigenvalue weighted by Crippen LogP contribution is 2.25. The molecule has 0 aliphatic carbocycles. The lowest BCUT2D eigenvalue weighted by atomic mass is 10.1. The summed E-state index contributed by atoms with van der Waals surface area (Å²) < 4.78 is 9.93. The number of hydrogen-bond donors (Lipinski definition) is 2. The van der Waals surface area contributed by atoms with Gasteiger partial charge in [-0.25, -0.2) is 14.4 Å². The van der Waals surface area contributed by atoms with Gasteiger partial charge in [0.2, 0.25) is 0 Å². The highest BCUT2D eigenvalue weighted by molar-refractivity contribution is 6.15. The van der Waals surface area contributed by atoms with E-state index in [2.05, 4.69) is 5.32 Å². The standard InChI is InChI=1S/C16H18N2O6/c1-16(2)23-14(21)11(15(22)24-16)8-17-9-5-6-12(18(3)4)10(7-9)13(19)20/h5-8,17H,1-4H3,(H,19,20). The van der Waals surface area contributed by atoms with E-state index in [9.17, 15) is 19.5 Å². The molecule has 1 aliphatic heterocycles. The molecule has 0 spiro atoms. The average molecular weight is 334 g/mol. The Hall–Kier alpha value is -3.03. The molecule has 2 N–H and O–H groups in total. The smallest absolute Gasteiger partial charge is 0.350 e. The van der Waals surface area contributed by atoms with Gasteiger partial charge >= 0.3 is 17.9 Å². The molecule has 1 heterocycles. The number of ether oxygens (including phenoxy) is 2. The number of carboxylic acids is 1. The van der Waals surface area contributed by atoms with Crippen LogP contribution in [0.4, 0.5) is 11.4 Å². The predicted octanol–water partition coefficient (Wildman–Crippen LogP) is 1.58. The number of hydrogen-bond acceptors (Lipinski definition) is 7. The quantitative estimate of drug-likeness (QED) is 0.486. The van der Waals surface area contributed by atoms with Crippen molar-refractivity contribution in [1.82, 2.24) is 0 Å². The molecule has 24 heavy (non-hydrogen) atoms. The Morgan fingerprint density at radius 1 is 1.21 bits per heavy atom. The number of nitrogens with one attached hydrogen (secondary N) is 1. The van der Waals surface area contributed by atoms with E-state index < -0.39 is 23.7 Å². The fourth-order valence-electron chi connectivity index (χ4n) is 2.12. The maximum atomic E-state index is 11.8. The van der Waals surface area contributed by atoms with E-state index in [-0.39, 0.29) is 11.1 Å². The summed E-state index contributed by atoms with van der Waals surface area (Å²) >= 11 is 0. The molecule has 0 radical (unpaired) electrons. The first-order chi connectivity index (χ1) is 11.1. The molecule has 0 saturated carbocycles. The molecule has 0 bridgehead atoms. The molecule has 0 atom stereocenters. The average Bonchev–Trinajstić information content (AvgIpc) is 2.44. The van der Waals surface area contributed by atoms with E-state index in [1.165, 1.54) is 19.9 Å². The number of esters is 2. The van der Waals surface area contributed by atoms with Crippen molar-refractivity contribution in [2.45, 2.75) is 19.6 Å². The molecule has 2 rings (SSSR count). The monoisotopic (exact) mass is 334 g/mol. The Bertz CT molecular complexity index is 714. The van der Waals surface area contributed by atoms with E-state index in [0.717, 1.165) is 6.20 Å². The molecule has 0 amide bonds. The molecule has 0 unspecified atom stereocenters. The lowest BCUT2D eigenvalue weighted by Crippen LogP contribution is -2.42. The van der Waals surface area contributed by atoms with Crippen LogP contribution in [0, 0.1) is 0 Å². The number of carbonyl (C=O) groups is 3. The topological polar surface area (TPSA) is 105 Å². The number of nitrogens with zero attached hydrogens (tertiary/aromatic N) is 1. The van der Waals surface area contributed by atoms with Crippen LogP contribution in [0.1, 0.15) is 24.2 Å². The highest BCUT2D eigenvalue weighted by Gasteiger charge is 2.38. The molecular formula is C16H18N2O6. The van der Waals surface area contributed by atoms with Gasteiger partial charge in [-0.1, -0.05) is 0 Å². The van der Waals surface area contributed by atoms with Gasteiger partial charge in [-0.15, -0.1) is 0 Å². The maximum Gasteiger partial charge on any atom is 0.350 e. The van der Waals surface area contributed by atoms with Gasteiger partial charge in [0.25, 0.3) is 5.79 Å². The molecule has 8 nitrogen and oxygen atoms in total. The van der Waals surface area contributed by atoms with Gasteiger partial charge in [-0.3, -0.25) is 0 Å². The first-order valence-electron chi connectivity index (χ1n) is 7.09. The number of aromatic carboxylic acids is 1. The first-order valence-corrected chi connectivity index (χ1v) is 7.09. The molecule has 8 heteroatoms. The van der Waals surface area contributed by atoms with Crippen LogP contribution in [0.5, 0.6) is 0 Å². The highest BCUT2D eigenvalue weighted by atomic mass is 16.7. The van der Waals surface area contributed by atoms with Gasteiger partial charge in [-0.2, -0.15) is 0 Å². The Morgan fingerprint density at radius 3 is 2.29 bits per heavy atom. The van der Waals surface area contributed by atoms with Gasteiger partial charge in [0.05, 0.1) is 11.3 Å². The number of benzene rings is 1. The van der Waals surface area contributed by atoms with Crippen LogP contribution in [0.15, 0.2) is 30.0 Å². The largest absolute Gasteiger partial charge is 0.478 e. The summed E-state index contributed by atoms with van der Waals surface area (Å²) in [5, 5.41) is 12.0. The van der Waals surface area contributed by atoms with E-state index in [4.69, 9.17) is 9.47 Å². The predicted molar refractivity (Wildman–Crippen MR) is 85.7 cm³/mol. The van der Waals surface area contributed by atoms with Crippen molar-refractivity contribution in [1.29, 1.82) is 0 Å². The first kappa shape index (κ1) is 17.3. The number of carbonyl (C=O) groups excluding carboxylic acids is 2. The Balaban J connectivity index is 2.26. The zero-order chi connectivity index (χ0) is 18.1. The summed E-state index contributed by atoms with van der Waals surface area (Å²) in [6.07, 6.45) is 1.14. The fourth-order valence-corrected chi connectivity index (χ4v) is 2.12. The fraction of sp³-hybridized carbons (Fsp3) is 0.312. The second kappa shape index (κ2) is 6.23. The molecule has 0 aromatic heterocycles. The SMILES string of the molecule is CN(C)c1ccc(NC=C2C(=O)OC(C)(C)OC2=O)cc1C(=O)O. The molecule has 1 aliphatic rings. The number of cyclic esters (lactones) is 2. The Kier molecular flexibility index (Phi) is 4.50. The molecule has 1 fully saturated rings. The lowest BCUT2D eigenvalue weighted by molar-refractivity contribution is -0.222. The van der Waals surface area contributed by atoms with Crippen molar-refractivity contribution < 1.29 is 29.0 Å². The molecule has 128 valence electrons. The van der Waals surface area contributed by atoms with Crippen molar-refractivity contribution in [3.8, 4) is 0 Å². The summed E-state index contributed by atoms with van der Waals surface area (Å²) in [5.41, 5.74) is 0.705. The van der Waals surface area contributed by atoms with Gasteiger partial charge in [0, 0.05) is 39.8 Å². The lowest BCUT2D eigenvalue weighted by Gasteiger charge is -2.29. The second-order valence-corrected chi connectivity index (χ2v) is 5.81. The van der Waals surface area contributed by atoms with Gasteiger partial charge in [-0.05, 0) is 18.2 Å². The number of carboxylic acid groups (broad SMARTS) is 1. The summed E-state index contributed by atoms with van der Waals surface area (Å²) in [6.45, 7) is 2.90. The van der Waals surface area contributed by atoms with E-state index in [1.807, 2.05) is 0 Å². The van der Waals surface area contributed by atoms with E-state index in [0.29, 0.717) is 11.4 Å². The Labute approximate surface area is 138 Å². The van der Waals surface area contributed by atoms with Gasteiger partial charge < -0.3 is 24.8 Å². The van der Waals surface area contributed by atoms with Crippen molar-refractivity contribution >= 4 is 29.3 Å². The molecule has 1 saturated heterocycles. The van der Waals surface area contributed by atoms with Crippen molar-refractivity contribution in [3.05, 3.63) is 35.5 Å². The zero-order valence-corrected chi connectivity index (χ0v) is 13.7. The maximum absolute atomic E-state index is 11.8. The molecule has 1 aromatic carbocycles. The van der Waals surface area contributed by atoms with Crippen LogP contribution >= 0.6 is 0 Å². The summed E-state index contributed by atoms with van der Waals surface area (Å²) in [4.78, 5) is 36.7. The minimum absolute atomic E-state index is 0.0818. The minimum Gasteiger partial charge on any atom is -0.478 e. The van der Waals surface area contributed by atoms with Crippen LogP contribution in [0.3, 0.4) is 0 Å².